The van der Waals surface area contributed by atoms with Crippen molar-refractivity contribution in [3.05, 3.63) is 66.2 Å². The minimum atomic E-state index is 0.748. The minimum Gasteiger partial charge on any atom is -0.219 e. The van der Waals surface area contributed by atoms with Gasteiger partial charge in [0.15, 0.2) is 5.82 Å². The molecule has 3 nitrogen and oxygen atoms in total. The van der Waals surface area contributed by atoms with Crippen LogP contribution in [-0.4, -0.2) is 15.0 Å². The smallest absolute Gasteiger partial charge is 0.163 e. The van der Waals surface area contributed by atoms with Crippen LogP contribution in [0.4, 0.5) is 0 Å². The average Bonchev–Trinajstić information content (AvgIpc) is 2.67. The Bertz CT molecular complexity index is 1190. The first kappa shape index (κ1) is 16.4. The summed E-state index contributed by atoms with van der Waals surface area (Å²) in [6.07, 6.45) is 0. The van der Waals surface area contributed by atoms with Crippen molar-refractivity contribution < 1.29 is 0 Å². The summed E-state index contributed by atoms with van der Waals surface area (Å²) in [7, 11) is 0. The van der Waals surface area contributed by atoms with Crippen molar-refractivity contribution in [3.63, 3.8) is 0 Å². The Balaban J connectivity index is 0.000000814. The number of hydrogen-bond acceptors (Lipinski definition) is 3. The zero-order valence-corrected chi connectivity index (χ0v) is 15.5. The fourth-order valence-corrected chi connectivity index (χ4v) is 3.67. The maximum atomic E-state index is 4.56. The van der Waals surface area contributed by atoms with E-state index in [2.05, 4.69) is 69.5 Å². The zero-order valence-electron chi connectivity index (χ0n) is 15.5. The van der Waals surface area contributed by atoms with Gasteiger partial charge in [0.05, 0.1) is 0 Å². The lowest BCUT2D eigenvalue weighted by molar-refractivity contribution is 0.930. The summed E-state index contributed by atoms with van der Waals surface area (Å²) in [5.41, 5.74) is 1.06. The highest BCUT2D eigenvalue weighted by Crippen LogP contribution is 2.38. The Morgan fingerprint density at radius 3 is 1.77 bits per heavy atom. The molecule has 1 aromatic heterocycles. The normalized spacial score (nSPS) is 11.1. The van der Waals surface area contributed by atoms with Gasteiger partial charge < -0.3 is 0 Å². The molecule has 0 saturated carbocycles. The molecule has 0 fully saturated rings. The summed E-state index contributed by atoms with van der Waals surface area (Å²) in [6.45, 7) is 7.82. The average molecular weight is 339 g/mol. The topological polar surface area (TPSA) is 38.7 Å². The third-order valence-electron chi connectivity index (χ3n) is 4.63. The first-order valence-corrected chi connectivity index (χ1v) is 9.07. The molecule has 4 aromatic carbocycles. The van der Waals surface area contributed by atoms with Gasteiger partial charge in [0.1, 0.15) is 11.6 Å². The fraction of sp³-hybridized carbons (Fsp3) is 0.174. The van der Waals surface area contributed by atoms with E-state index in [0.717, 1.165) is 23.0 Å². The molecule has 0 N–H and O–H groups in total. The summed E-state index contributed by atoms with van der Waals surface area (Å²) < 4.78 is 0. The molecule has 0 unspecified atom stereocenters. The molecule has 0 aliphatic carbocycles. The van der Waals surface area contributed by atoms with Crippen molar-refractivity contribution in [2.75, 3.05) is 0 Å². The predicted octanol–water partition coefficient (Wildman–Crippen LogP) is 6.08. The fourth-order valence-electron chi connectivity index (χ4n) is 3.67. The van der Waals surface area contributed by atoms with Crippen LogP contribution in [0.15, 0.2) is 54.6 Å². The lowest BCUT2D eigenvalue weighted by Crippen LogP contribution is -1.99. The largest absolute Gasteiger partial charge is 0.219 e. The molecular formula is C23H21N3. The highest BCUT2D eigenvalue weighted by atomic mass is 15.0. The monoisotopic (exact) mass is 339 g/mol. The highest BCUT2D eigenvalue weighted by molar-refractivity contribution is 6.25. The molecule has 0 spiro atoms. The minimum absolute atomic E-state index is 0.748. The summed E-state index contributed by atoms with van der Waals surface area (Å²) in [6, 6.07) is 19.5. The second kappa shape index (κ2) is 6.34. The molecule has 5 aromatic rings. The quantitative estimate of drug-likeness (QED) is 0.347. The van der Waals surface area contributed by atoms with Gasteiger partial charge in [-0.1, -0.05) is 62.4 Å². The van der Waals surface area contributed by atoms with E-state index < -0.39 is 0 Å². The predicted molar refractivity (Wildman–Crippen MR) is 110 cm³/mol. The Kier molecular flexibility index (Phi) is 4.00. The number of aryl methyl sites for hydroxylation is 2. The van der Waals surface area contributed by atoms with Gasteiger partial charge in [-0.15, -0.1) is 0 Å². The van der Waals surface area contributed by atoms with Gasteiger partial charge in [-0.2, -0.15) is 0 Å². The molecule has 0 radical (unpaired) electrons. The molecule has 1 heterocycles. The van der Waals surface area contributed by atoms with Crippen LogP contribution in [0.1, 0.15) is 25.5 Å². The Morgan fingerprint density at radius 2 is 1.12 bits per heavy atom. The Morgan fingerprint density at radius 1 is 0.577 bits per heavy atom. The first-order valence-electron chi connectivity index (χ1n) is 9.07. The molecule has 0 aliphatic rings. The van der Waals surface area contributed by atoms with Crippen LogP contribution in [0.2, 0.25) is 0 Å². The highest BCUT2D eigenvalue weighted by Gasteiger charge is 2.13. The van der Waals surface area contributed by atoms with Gasteiger partial charge in [0, 0.05) is 5.56 Å². The van der Waals surface area contributed by atoms with E-state index in [4.69, 9.17) is 0 Å². The van der Waals surface area contributed by atoms with E-state index in [9.17, 15) is 0 Å². The maximum Gasteiger partial charge on any atom is 0.163 e. The third-order valence-corrected chi connectivity index (χ3v) is 4.63. The van der Waals surface area contributed by atoms with Crippen molar-refractivity contribution in [2.45, 2.75) is 27.7 Å². The zero-order chi connectivity index (χ0) is 18.3. The van der Waals surface area contributed by atoms with Crippen LogP contribution in [0, 0.1) is 13.8 Å². The molecule has 128 valence electrons. The van der Waals surface area contributed by atoms with Gasteiger partial charge in [-0.05, 0) is 52.2 Å². The van der Waals surface area contributed by atoms with Gasteiger partial charge in [0.2, 0.25) is 0 Å². The second-order valence-corrected chi connectivity index (χ2v) is 6.22. The summed E-state index contributed by atoms with van der Waals surface area (Å²) >= 11 is 0. The third kappa shape index (κ3) is 2.48. The van der Waals surface area contributed by atoms with Crippen LogP contribution in [0.25, 0.3) is 43.7 Å². The van der Waals surface area contributed by atoms with Crippen molar-refractivity contribution in [1.29, 1.82) is 0 Å². The summed E-state index contributed by atoms with van der Waals surface area (Å²) in [5.74, 6) is 2.25. The number of rotatable bonds is 1. The number of nitrogens with zero attached hydrogens (tertiary/aromatic N) is 3. The van der Waals surface area contributed by atoms with Crippen LogP contribution in [0.3, 0.4) is 0 Å². The summed E-state index contributed by atoms with van der Waals surface area (Å²) in [4.78, 5) is 13.4. The van der Waals surface area contributed by atoms with Crippen molar-refractivity contribution in [2.24, 2.45) is 0 Å². The number of benzene rings is 4. The van der Waals surface area contributed by atoms with Gasteiger partial charge in [0.25, 0.3) is 0 Å². The summed E-state index contributed by atoms with van der Waals surface area (Å²) in [5, 5.41) is 7.59. The molecular weight excluding hydrogens is 318 g/mol. The molecule has 0 saturated heterocycles. The standard InChI is InChI=1S/C21H15N3.C2H6/c1-12-22-13(2)24-21(23-12)18-11-9-16-7-6-14-4-3-5-15-8-10-17(18)20(16)19(14)15;1-2/h3-11H,1-2H3;1-2H3. The van der Waals surface area contributed by atoms with E-state index in [1.165, 1.54) is 32.3 Å². The molecule has 0 atom stereocenters. The molecule has 0 bridgehead atoms. The van der Waals surface area contributed by atoms with E-state index in [0.29, 0.717) is 0 Å². The van der Waals surface area contributed by atoms with Gasteiger partial charge in [-0.25, -0.2) is 15.0 Å². The molecule has 26 heavy (non-hydrogen) atoms. The van der Waals surface area contributed by atoms with E-state index in [1.54, 1.807) is 0 Å². The molecule has 5 rings (SSSR count). The van der Waals surface area contributed by atoms with E-state index >= 15 is 0 Å². The Labute approximate surface area is 153 Å². The van der Waals surface area contributed by atoms with Gasteiger partial charge >= 0.3 is 0 Å². The van der Waals surface area contributed by atoms with Crippen molar-refractivity contribution >= 4 is 32.3 Å². The lowest BCUT2D eigenvalue weighted by atomic mass is 9.92. The number of aromatic nitrogens is 3. The maximum absolute atomic E-state index is 4.56. The van der Waals surface area contributed by atoms with Crippen molar-refractivity contribution in [3.8, 4) is 11.4 Å². The van der Waals surface area contributed by atoms with Crippen LogP contribution < -0.4 is 0 Å². The van der Waals surface area contributed by atoms with E-state index in [-0.39, 0.29) is 0 Å². The second-order valence-electron chi connectivity index (χ2n) is 6.22. The molecule has 0 amide bonds. The molecule has 0 aliphatic heterocycles. The van der Waals surface area contributed by atoms with Crippen molar-refractivity contribution in [1.82, 2.24) is 15.0 Å². The van der Waals surface area contributed by atoms with Gasteiger partial charge in [-0.3, -0.25) is 0 Å². The van der Waals surface area contributed by atoms with Crippen LogP contribution in [-0.2, 0) is 0 Å². The number of hydrogen-bond donors (Lipinski definition) is 0. The van der Waals surface area contributed by atoms with E-state index in [1.807, 2.05) is 27.7 Å². The first-order chi connectivity index (χ1) is 12.7. The van der Waals surface area contributed by atoms with Crippen LogP contribution in [0.5, 0.6) is 0 Å². The van der Waals surface area contributed by atoms with Crippen LogP contribution >= 0.6 is 0 Å². The SMILES string of the molecule is CC.Cc1nc(C)nc(-c2ccc3ccc4cccc5ccc2c3c45)n1. The Hall–Kier alpha value is -3.07. The molecule has 3 heteroatoms. The lowest BCUT2D eigenvalue weighted by Gasteiger charge is -2.13.